The molecule has 3 aromatic carbocycles. The third kappa shape index (κ3) is 6.23. The molecule has 6 nitrogen and oxygen atoms in total. The summed E-state index contributed by atoms with van der Waals surface area (Å²) in [5.41, 5.74) is 0.804. The maximum atomic E-state index is 14.5. The van der Waals surface area contributed by atoms with E-state index in [0.29, 0.717) is 38.2 Å². The fraction of sp³-hybridized carbons (Fsp3) is 0.185. The summed E-state index contributed by atoms with van der Waals surface area (Å²) in [5, 5.41) is 9.23. The van der Waals surface area contributed by atoms with E-state index in [9.17, 15) is 22.4 Å². The molecular weight excluding hydrogens is 526 g/mol. The van der Waals surface area contributed by atoms with E-state index >= 15 is 0 Å². The number of benzene rings is 3. The summed E-state index contributed by atoms with van der Waals surface area (Å²) in [6.07, 6.45) is -4.53. The van der Waals surface area contributed by atoms with E-state index in [1.54, 1.807) is 31.2 Å². The zero-order valence-electron chi connectivity index (χ0n) is 20.1. The molecule has 1 aromatic heterocycles. The van der Waals surface area contributed by atoms with Gasteiger partial charge < -0.3 is 19.3 Å². The van der Waals surface area contributed by atoms with E-state index in [1.165, 1.54) is 31.4 Å². The molecule has 1 heterocycles. The van der Waals surface area contributed by atoms with Gasteiger partial charge in [-0.2, -0.15) is 13.2 Å². The summed E-state index contributed by atoms with van der Waals surface area (Å²) in [4.78, 5) is 15.7. The number of rotatable bonds is 9. The van der Waals surface area contributed by atoms with Crippen LogP contribution in [0, 0.1) is 12.7 Å². The Bertz CT molecular complexity index is 1470. The van der Waals surface area contributed by atoms with Crippen LogP contribution in [0.3, 0.4) is 0 Å². The van der Waals surface area contributed by atoms with Crippen molar-refractivity contribution in [3.63, 3.8) is 0 Å². The first kappa shape index (κ1) is 26.9. The van der Waals surface area contributed by atoms with Crippen LogP contribution in [-0.2, 0) is 17.6 Å². The third-order valence-corrected chi connectivity index (χ3v) is 6.49. The Balaban J connectivity index is 1.66. The molecule has 0 fully saturated rings. The highest BCUT2D eigenvalue weighted by Crippen LogP contribution is 2.40. The topological polar surface area (TPSA) is 77.9 Å². The molecule has 0 saturated carbocycles. The molecule has 11 heteroatoms. The molecule has 0 aliphatic heterocycles. The molecule has 0 aliphatic carbocycles. The minimum Gasteiger partial charge on any atom is -0.494 e. The Morgan fingerprint density at radius 1 is 1.00 bits per heavy atom. The SMILES string of the molecule is COc1ccc(-c2nc(COc3ccc(OCC(=O)O)c(C)c3)sc2-c2cccc(C(F)(F)F)c2)cc1F. The van der Waals surface area contributed by atoms with Gasteiger partial charge in [-0.1, -0.05) is 12.1 Å². The first-order chi connectivity index (χ1) is 18.0. The van der Waals surface area contributed by atoms with Gasteiger partial charge >= 0.3 is 12.1 Å². The van der Waals surface area contributed by atoms with Crippen LogP contribution in [0.5, 0.6) is 17.2 Å². The summed E-state index contributed by atoms with van der Waals surface area (Å²) in [6, 6.07) is 13.9. The Hall–Kier alpha value is -4.12. The number of thiazole rings is 1. The van der Waals surface area contributed by atoms with Gasteiger partial charge in [0.15, 0.2) is 18.2 Å². The van der Waals surface area contributed by atoms with Crippen molar-refractivity contribution in [2.45, 2.75) is 19.7 Å². The molecule has 198 valence electrons. The molecule has 0 saturated heterocycles. The molecule has 0 bridgehead atoms. The smallest absolute Gasteiger partial charge is 0.416 e. The van der Waals surface area contributed by atoms with Gasteiger partial charge in [-0.25, -0.2) is 14.2 Å². The second-order valence-corrected chi connectivity index (χ2v) is 9.20. The molecule has 0 unspecified atom stereocenters. The second-order valence-electron chi connectivity index (χ2n) is 8.11. The van der Waals surface area contributed by atoms with Crippen molar-refractivity contribution in [1.29, 1.82) is 0 Å². The fourth-order valence-electron chi connectivity index (χ4n) is 3.63. The Morgan fingerprint density at radius 3 is 2.42 bits per heavy atom. The zero-order valence-corrected chi connectivity index (χ0v) is 21.0. The molecule has 4 rings (SSSR count). The quantitative estimate of drug-likeness (QED) is 0.228. The van der Waals surface area contributed by atoms with Crippen LogP contribution in [0.2, 0.25) is 0 Å². The van der Waals surface area contributed by atoms with E-state index in [-0.39, 0.29) is 17.9 Å². The number of carboxylic acid groups (broad SMARTS) is 1. The number of nitrogens with zero attached hydrogens (tertiary/aromatic N) is 1. The highest BCUT2D eigenvalue weighted by Gasteiger charge is 2.31. The molecule has 0 aliphatic rings. The second kappa shape index (κ2) is 11.1. The Kier molecular flexibility index (Phi) is 7.86. The van der Waals surface area contributed by atoms with E-state index in [4.69, 9.17) is 19.3 Å². The third-order valence-electron chi connectivity index (χ3n) is 5.41. The van der Waals surface area contributed by atoms with E-state index in [1.807, 2.05) is 0 Å². The Morgan fingerprint density at radius 2 is 1.76 bits per heavy atom. The number of aliphatic carboxylic acids is 1. The van der Waals surface area contributed by atoms with Crippen molar-refractivity contribution in [2.24, 2.45) is 0 Å². The Labute approximate surface area is 219 Å². The van der Waals surface area contributed by atoms with E-state index in [0.717, 1.165) is 23.5 Å². The average Bonchev–Trinajstić information content (AvgIpc) is 3.31. The molecule has 1 N–H and O–H groups in total. The maximum absolute atomic E-state index is 14.5. The van der Waals surface area contributed by atoms with Gasteiger partial charge in [-0.3, -0.25) is 0 Å². The minimum absolute atomic E-state index is 0.00989. The highest BCUT2D eigenvalue weighted by molar-refractivity contribution is 7.15. The van der Waals surface area contributed by atoms with Crippen LogP contribution in [0.15, 0.2) is 60.7 Å². The minimum atomic E-state index is -4.53. The highest BCUT2D eigenvalue weighted by atomic mass is 32.1. The number of aromatic nitrogens is 1. The van der Waals surface area contributed by atoms with Crippen molar-refractivity contribution in [3.05, 3.63) is 82.6 Å². The number of alkyl halides is 3. The van der Waals surface area contributed by atoms with Gasteiger partial charge in [-0.15, -0.1) is 11.3 Å². The fourth-order valence-corrected chi connectivity index (χ4v) is 4.62. The largest absolute Gasteiger partial charge is 0.494 e. The van der Waals surface area contributed by atoms with Gasteiger partial charge in [0, 0.05) is 5.56 Å². The summed E-state index contributed by atoms with van der Waals surface area (Å²) in [6.45, 7) is 1.24. The number of halogens is 4. The number of methoxy groups -OCH3 is 1. The monoisotopic (exact) mass is 547 g/mol. The summed E-state index contributed by atoms with van der Waals surface area (Å²) in [7, 11) is 1.33. The van der Waals surface area contributed by atoms with Crippen molar-refractivity contribution in [1.82, 2.24) is 4.98 Å². The van der Waals surface area contributed by atoms with Gasteiger partial charge in [0.25, 0.3) is 0 Å². The molecule has 0 atom stereocenters. The standard InChI is InChI=1S/C27H21F4NO5S/c1-15-10-19(7-9-21(15)37-14-24(33)34)36-13-23-32-25(16-6-8-22(35-2)20(28)12-16)26(38-23)17-4-3-5-18(11-17)27(29,30)31/h3-12H,13-14H2,1-2H3,(H,33,34). The van der Waals surface area contributed by atoms with Crippen molar-refractivity contribution < 1.29 is 41.7 Å². The zero-order chi connectivity index (χ0) is 27.4. The first-order valence-electron chi connectivity index (χ1n) is 11.1. The van der Waals surface area contributed by atoms with Crippen LogP contribution in [0.4, 0.5) is 17.6 Å². The van der Waals surface area contributed by atoms with Crippen LogP contribution < -0.4 is 14.2 Å². The number of carbonyl (C=O) groups is 1. The van der Waals surface area contributed by atoms with Gasteiger partial charge in [0.05, 0.1) is 23.2 Å². The molecule has 0 amide bonds. The molecule has 0 radical (unpaired) electrons. The number of hydrogen-bond donors (Lipinski definition) is 1. The predicted molar refractivity (Wildman–Crippen MR) is 133 cm³/mol. The molecule has 38 heavy (non-hydrogen) atoms. The summed E-state index contributed by atoms with van der Waals surface area (Å²) in [5.74, 6) is -0.855. The maximum Gasteiger partial charge on any atom is 0.416 e. The van der Waals surface area contributed by atoms with Crippen molar-refractivity contribution >= 4 is 17.3 Å². The van der Waals surface area contributed by atoms with Crippen LogP contribution in [-0.4, -0.2) is 29.8 Å². The van der Waals surface area contributed by atoms with E-state index < -0.39 is 30.1 Å². The van der Waals surface area contributed by atoms with Gasteiger partial charge in [-0.05, 0) is 66.6 Å². The van der Waals surface area contributed by atoms with Gasteiger partial charge in [0.2, 0.25) is 0 Å². The number of carboxylic acids is 1. The van der Waals surface area contributed by atoms with Crippen molar-refractivity contribution in [2.75, 3.05) is 13.7 Å². The summed E-state index contributed by atoms with van der Waals surface area (Å²) < 4.78 is 70.6. The first-order valence-corrected chi connectivity index (χ1v) is 12.0. The van der Waals surface area contributed by atoms with E-state index in [2.05, 4.69) is 4.98 Å². The lowest BCUT2D eigenvalue weighted by molar-refractivity contribution is -0.139. The lowest BCUT2D eigenvalue weighted by Crippen LogP contribution is -2.10. The lowest BCUT2D eigenvalue weighted by atomic mass is 10.0. The predicted octanol–water partition coefficient (Wildman–Crippen LogP) is 6.99. The van der Waals surface area contributed by atoms with Crippen LogP contribution in [0.1, 0.15) is 16.1 Å². The number of aryl methyl sites for hydroxylation is 1. The lowest BCUT2D eigenvalue weighted by Gasteiger charge is -2.09. The van der Waals surface area contributed by atoms with Crippen LogP contribution >= 0.6 is 11.3 Å². The summed E-state index contributed by atoms with van der Waals surface area (Å²) >= 11 is 1.13. The van der Waals surface area contributed by atoms with Crippen LogP contribution in [0.25, 0.3) is 21.7 Å². The van der Waals surface area contributed by atoms with Crippen molar-refractivity contribution in [3.8, 4) is 38.9 Å². The van der Waals surface area contributed by atoms with Gasteiger partial charge in [0.1, 0.15) is 23.1 Å². The molecule has 4 aromatic rings. The number of hydrogen-bond acceptors (Lipinski definition) is 6. The number of ether oxygens (including phenoxy) is 3. The normalized spacial score (nSPS) is 11.3. The molecule has 0 spiro atoms. The average molecular weight is 548 g/mol. The molecular formula is C27H21F4NO5S.